The fourth-order valence-corrected chi connectivity index (χ4v) is 2.56. The summed E-state index contributed by atoms with van der Waals surface area (Å²) >= 11 is 0. The Balaban J connectivity index is 2.58. The SMILES string of the molecule is CCCC1CCC(N)(C(=O)O)CC1C. The first-order valence-electron chi connectivity index (χ1n) is 5.52. The van der Waals surface area contributed by atoms with Gasteiger partial charge >= 0.3 is 5.97 Å². The van der Waals surface area contributed by atoms with Crippen molar-refractivity contribution in [2.24, 2.45) is 17.6 Å². The van der Waals surface area contributed by atoms with E-state index in [0.717, 1.165) is 6.42 Å². The average Bonchev–Trinajstić information content (AvgIpc) is 2.10. The van der Waals surface area contributed by atoms with Crippen LogP contribution in [0.1, 0.15) is 46.0 Å². The third kappa shape index (κ3) is 2.27. The zero-order valence-corrected chi connectivity index (χ0v) is 9.12. The highest BCUT2D eigenvalue weighted by molar-refractivity contribution is 5.78. The van der Waals surface area contributed by atoms with Crippen LogP contribution in [0.2, 0.25) is 0 Å². The van der Waals surface area contributed by atoms with Gasteiger partial charge in [-0.3, -0.25) is 4.79 Å². The van der Waals surface area contributed by atoms with Crippen LogP contribution in [0.5, 0.6) is 0 Å². The molecule has 0 spiro atoms. The third-order valence-electron chi connectivity index (χ3n) is 3.54. The molecule has 0 aromatic heterocycles. The van der Waals surface area contributed by atoms with Crippen molar-refractivity contribution < 1.29 is 9.90 Å². The van der Waals surface area contributed by atoms with Gasteiger partial charge in [0.05, 0.1) is 0 Å². The highest BCUT2D eigenvalue weighted by Crippen LogP contribution is 2.37. The van der Waals surface area contributed by atoms with Crippen LogP contribution in [0.15, 0.2) is 0 Å². The summed E-state index contributed by atoms with van der Waals surface area (Å²) in [5.41, 5.74) is 4.90. The van der Waals surface area contributed by atoms with E-state index in [-0.39, 0.29) is 0 Å². The van der Waals surface area contributed by atoms with Crippen molar-refractivity contribution in [3.05, 3.63) is 0 Å². The summed E-state index contributed by atoms with van der Waals surface area (Å²) in [5.74, 6) is 0.292. The summed E-state index contributed by atoms with van der Waals surface area (Å²) in [4.78, 5) is 11.0. The number of hydrogen-bond donors (Lipinski definition) is 2. The van der Waals surface area contributed by atoms with Crippen molar-refractivity contribution in [2.45, 2.75) is 51.5 Å². The maximum atomic E-state index is 11.0. The first kappa shape index (κ1) is 11.5. The molecule has 1 aliphatic carbocycles. The Labute approximate surface area is 85.7 Å². The van der Waals surface area contributed by atoms with E-state index in [2.05, 4.69) is 13.8 Å². The lowest BCUT2D eigenvalue weighted by atomic mass is 9.70. The van der Waals surface area contributed by atoms with Crippen LogP contribution >= 0.6 is 0 Å². The van der Waals surface area contributed by atoms with E-state index in [4.69, 9.17) is 10.8 Å². The summed E-state index contributed by atoms with van der Waals surface area (Å²) in [7, 11) is 0. The van der Waals surface area contributed by atoms with Crippen LogP contribution < -0.4 is 5.73 Å². The van der Waals surface area contributed by atoms with Gasteiger partial charge in [0.2, 0.25) is 0 Å². The molecule has 0 aromatic carbocycles. The van der Waals surface area contributed by atoms with Gasteiger partial charge in [0, 0.05) is 0 Å². The normalized spacial score (nSPS) is 38.2. The highest BCUT2D eigenvalue weighted by Gasteiger charge is 2.41. The van der Waals surface area contributed by atoms with E-state index in [1.54, 1.807) is 0 Å². The number of aliphatic carboxylic acids is 1. The molecule has 14 heavy (non-hydrogen) atoms. The first-order chi connectivity index (χ1) is 6.49. The van der Waals surface area contributed by atoms with Gasteiger partial charge in [-0.2, -0.15) is 0 Å². The van der Waals surface area contributed by atoms with Crippen molar-refractivity contribution in [1.82, 2.24) is 0 Å². The molecule has 3 unspecified atom stereocenters. The van der Waals surface area contributed by atoms with Gasteiger partial charge in [0.1, 0.15) is 5.54 Å². The summed E-state index contributed by atoms with van der Waals surface area (Å²) in [6, 6.07) is 0. The Kier molecular flexibility index (Phi) is 3.53. The molecule has 0 aromatic rings. The molecule has 0 heterocycles. The number of carboxylic acids is 1. The number of carbonyl (C=O) groups is 1. The molecule has 0 radical (unpaired) electrons. The molecule has 1 aliphatic rings. The molecule has 82 valence electrons. The van der Waals surface area contributed by atoms with E-state index < -0.39 is 11.5 Å². The molecule has 3 heteroatoms. The van der Waals surface area contributed by atoms with Crippen molar-refractivity contribution in [2.75, 3.05) is 0 Å². The Morgan fingerprint density at radius 2 is 2.29 bits per heavy atom. The van der Waals surface area contributed by atoms with Crippen LogP contribution in [0.25, 0.3) is 0 Å². The molecular formula is C11H21NO2. The maximum Gasteiger partial charge on any atom is 0.323 e. The van der Waals surface area contributed by atoms with E-state index in [1.807, 2.05) is 0 Å². The zero-order valence-electron chi connectivity index (χ0n) is 9.12. The molecule has 3 nitrogen and oxygen atoms in total. The number of rotatable bonds is 3. The molecule has 1 saturated carbocycles. The standard InChI is InChI=1S/C11H21NO2/c1-3-4-9-5-6-11(12,10(13)14)7-8(9)2/h8-9H,3-7,12H2,1-2H3,(H,13,14). The molecule has 0 saturated heterocycles. The van der Waals surface area contributed by atoms with Crippen LogP contribution in [0.4, 0.5) is 0 Å². The quantitative estimate of drug-likeness (QED) is 0.730. The minimum Gasteiger partial charge on any atom is -0.480 e. The predicted octanol–water partition coefficient (Wildman–Crippen LogP) is 2.00. The van der Waals surface area contributed by atoms with Gasteiger partial charge in [0.25, 0.3) is 0 Å². The van der Waals surface area contributed by atoms with Crippen LogP contribution in [0.3, 0.4) is 0 Å². The lowest BCUT2D eigenvalue weighted by Crippen LogP contribution is -2.52. The maximum absolute atomic E-state index is 11.0. The number of carboxylic acid groups (broad SMARTS) is 1. The van der Waals surface area contributed by atoms with Crippen molar-refractivity contribution in [3.63, 3.8) is 0 Å². The summed E-state index contributed by atoms with van der Waals surface area (Å²) in [6.45, 7) is 4.30. The Morgan fingerprint density at radius 3 is 2.71 bits per heavy atom. The molecule has 0 amide bonds. The van der Waals surface area contributed by atoms with Crippen molar-refractivity contribution >= 4 is 5.97 Å². The molecule has 3 N–H and O–H groups in total. The number of nitrogens with two attached hydrogens (primary N) is 1. The van der Waals surface area contributed by atoms with Gasteiger partial charge in [-0.05, 0) is 31.1 Å². The lowest BCUT2D eigenvalue weighted by Gasteiger charge is -2.38. The first-order valence-corrected chi connectivity index (χ1v) is 5.52. The fraction of sp³-hybridized carbons (Fsp3) is 0.909. The lowest BCUT2D eigenvalue weighted by molar-refractivity contribution is -0.145. The van der Waals surface area contributed by atoms with Gasteiger partial charge in [-0.25, -0.2) is 0 Å². The van der Waals surface area contributed by atoms with E-state index in [9.17, 15) is 4.79 Å². The molecule has 1 rings (SSSR count). The van der Waals surface area contributed by atoms with Crippen molar-refractivity contribution in [1.29, 1.82) is 0 Å². The molecule has 1 fully saturated rings. The van der Waals surface area contributed by atoms with E-state index in [1.165, 1.54) is 12.8 Å². The number of hydrogen-bond acceptors (Lipinski definition) is 2. The second-order valence-electron chi connectivity index (χ2n) is 4.73. The smallest absolute Gasteiger partial charge is 0.323 e. The van der Waals surface area contributed by atoms with Gasteiger partial charge in [0.15, 0.2) is 0 Å². The molecule has 3 atom stereocenters. The van der Waals surface area contributed by atoms with Crippen LogP contribution in [-0.4, -0.2) is 16.6 Å². The minimum atomic E-state index is -0.955. The molecule has 0 aliphatic heterocycles. The second kappa shape index (κ2) is 4.30. The van der Waals surface area contributed by atoms with Gasteiger partial charge in [-0.15, -0.1) is 0 Å². The Bertz CT molecular complexity index is 217. The monoisotopic (exact) mass is 199 g/mol. The van der Waals surface area contributed by atoms with E-state index in [0.29, 0.717) is 24.7 Å². The third-order valence-corrected chi connectivity index (χ3v) is 3.54. The minimum absolute atomic E-state index is 0.449. The second-order valence-corrected chi connectivity index (χ2v) is 4.73. The topological polar surface area (TPSA) is 63.3 Å². The Morgan fingerprint density at radius 1 is 1.64 bits per heavy atom. The van der Waals surface area contributed by atoms with Crippen LogP contribution in [-0.2, 0) is 4.79 Å². The zero-order chi connectivity index (χ0) is 10.8. The Hall–Kier alpha value is -0.570. The molecule has 0 bridgehead atoms. The van der Waals surface area contributed by atoms with Gasteiger partial charge in [-0.1, -0.05) is 26.7 Å². The summed E-state index contributed by atoms with van der Waals surface area (Å²) in [5, 5.41) is 9.01. The predicted molar refractivity (Wildman–Crippen MR) is 56.0 cm³/mol. The van der Waals surface area contributed by atoms with Crippen molar-refractivity contribution in [3.8, 4) is 0 Å². The average molecular weight is 199 g/mol. The van der Waals surface area contributed by atoms with Crippen LogP contribution in [0, 0.1) is 11.8 Å². The summed E-state index contributed by atoms with van der Waals surface area (Å²) in [6.07, 6.45) is 4.62. The largest absolute Gasteiger partial charge is 0.480 e. The van der Waals surface area contributed by atoms with E-state index >= 15 is 0 Å². The highest BCUT2D eigenvalue weighted by atomic mass is 16.4. The fourth-order valence-electron chi connectivity index (χ4n) is 2.56. The van der Waals surface area contributed by atoms with Gasteiger partial charge < -0.3 is 10.8 Å². The molecular weight excluding hydrogens is 178 g/mol. The summed E-state index contributed by atoms with van der Waals surface area (Å²) < 4.78 is 0.